The fraction of sp³-hybridized carbons (Fsp3) is 0.600. The number of carbonyl (C=O) groups is 2. The fourth-order valence-electron chi connectivity index (χ4n) is 0.350. The van der Waals surface area contributed by atoms with Gasteiger partial charge in [-0.3, -0.25) is 9.59 Å². The van der Waals surface area contributed by atoms with Gasteiger partial charge in [-0.25, -0.2) is 0 Å². The molecule has 0 aliphatic rings. The van der Waals surface area contributed by atoms with Crippen LogP contribution in [0.3, 0.4) is 0 Å². The summed E-state index contributed by atoms with van der Waals surface area (Å²) in [4.78, 5) is 20.2. The minimum atomic E-state index is -0.269. The van der Waals surface area contributed by atoms with E-state index in [9.17, 15) is 9.59 Å². The van der Waals surface area contributed by atoms with Crippen molar-refractivity contribution in [2.45, 2.75) is 0 Å². The molecule has 0 saturated heterocycles. The summed E-state index contributed by atoms with van der Waals surface area (Å²) in [5.74, 6) is -0.269. The minimum Gasteiger partial charge on any atom is -0.364 e. The van der Waals surface area contributed by atoms with Crippen LogP contribution in [0.2, 0.25) is 0 Å². The van der Waals surface area contributed by atoms with Gasteiger partial charge in [0.15, 0.2) is 0 Å². The van der Waals surface area contributed by atoms with E-state index in [0.717, 1.165) is 0 Å². The van der Waals surface area contributed by atoms with Crippen LogP contribution in [0, 0.1) is 0 Å². The zero-order valence-corrected chi connectivity index (χ0v) is 5.72. The van der Waals surface area contributed by atoms with Crippen molar-refractivity contribution in [2.24, 2.45) is 0 Å². The van der Waals surface area contributed by atoms with Crippen molar-refractivity contribution < 1.29 is 14.3 Å². The van der Waals surface area contributed by atoms with E-state index >= 15 is 0 Å². The summed E-state index contributed by atoms with van der Waals surface area (Å²) in [6, 6.07) is 0. The fourth-order valence-corrected chi connectivity index (χ4v) is 0.350. The maximum absolute atomic E-state index is 10.5. The molecule has 58 valence electrons. The third-order valence-electron chi connectivity index (χ3n) is 0.760. The summed E-state index contributed by atoms with van der Waals surface area (Å²) in [7, 11) is 1.47. The Morgan fingerprint density at radius 3 is 2.90 bits per heavy atom. The average Bonchev–Trinajstić information content (AvgIpc) is 1.97. The molecule has 0 fully saturated rings. The molecule has 0 aliphatic carbocycles. The Kier molecular flexibility index (Phi) is 5.36. The van der Waals surface area contributed by atoms with Gasteiger partial charge < -0.3 is 15.4 Å². The van der Waals surface area contributed by atoms with Crippen LogP contribution in [0.15, 0.2) is 0 Å². The van der Waals surface area contributed by atoms with Crippen molar-refractivity contribution in [3.63, 3.8) is 0 Å². The summed E-state index contributed by atoms with van der Waals surface area (Å²) in [6.07, 6.45) is 0.465. The van der Waals surface area contributed by atoms with Gasteiger partial charge in [-0.05, 0) is 0 Å². The first-order valence-electron chi connectivity index (χ1n) is 2.74. The molecule has 0 aliphatic heterocycles. The predicted octanol–water partition coefficient (Wildman–Crippen LogP) is -1.55. The van der Waals surface area contributed by atoms with Gasteiger partial charge in [-0.1, -0.05) is 0 Å². The average molecular weight is 146 g/mol. The smallest absolute Gasteiger partial charge is 0.241 e. The summed E-state index contributed by atoms with van der Waals surface area (Å²) < 4.78 is 4.54. The second kappa shape index (κ2) is 6.03. The minimum absolute atomic E-state index is 0.00708. The van der Waals surface area contributed by atoms with Crippen molar-refractivity contribution in [1.82, 2.24) is 10.6 Å². The number of hydrogen-bond donors (Lipinski definition) is 2. The monoisotopic (exact) mass is 146 g/mol. The highest BCUT2D eigenvalue weighted by atomic mass is 16.5. The highest BCUT2D eigenvalue weighted by molar-refractivity contribution is 5.79. The van der Waals surface area contributed by atoms with Gasteiger partial charge >= 0.3 is 0 Å². The van der Waals surface area contributed by atoms with Crippen LogP contribution in [0.5, 0.6) is 0 Å². The predicted molar refractivity (Wildman–Crippen MR) is 34.1 cm³/mol. The number of carbonyl (C=O) groups excluding carboxylic acids is 2. The lowest BCUT2D eigenvalue weighted by Crippen LogP contribution is -2.34. The number of hydrogen-bond acceptors (Lipinski definition) is 3. The first-order chi connectivity index (χ1) is 4.81. The first kappa shape index (κ1) is 8.90. The van der Waals surface area contributed by atoms with Crippen LogP contribution < -0.4 is 10.6 Å². The van der Waals surface area contributed by atoms with E-state index in [1.165, 1.54) is 7.11 Å². The quantitative estimate of drug-likeness (QED) is 0.364. The molecule has 0 radical (unpaired) electrons. The molecule has 0 heterocycles. The van der Waals surface area contributed by atoms with E-state index in [1.54, 1.807) is 0 Å². The molecule has 10 heavy (non-hydrogen) atoms. The zero-order chi connectivity index (χ0) is 7.82. The van der Waals surface area contributed by atoms with Gasteiger partial charge in [0.2, 0.25) is 12.3 Å². The van der Waals surface area contributed by atoms with E-state index in [0.29, 0.717) is 6.41 Å². The molecule has 0 aromatic rings. The van der Waals surface area contributed by atoms with Crippen molar-refractivity contribution in [3.8, 4) is 0 Å². The highest BCUT2D eigenvalue weighted by Gasteiger charge is 1.95. The van der Waals surface area contributed by atoms with Crippen molar-refractivity contribution in [1.29, 1.82) is 0 Å². The molecule has 2 N–H and O–H groups in total. The van der Waals surface area contributed by atoms with E-state index in [4.69, 9.17) is 0 Å². The Bertz CT molecular complexity index is 115. The van der Waals surface area contributed by atoms with Crippen LogP contribution in [-0.4, -0.2) is 32.7 Å². The lowest BCUT2D eigenvalue weighted by molar-refractivity contribution is -0.123. The van der Waals surface area contributed by atoms with E-state index in [1.807, 2.05) is 0 Å². The summed E-state index contributed by atoms with van der Waals surface area (Å²) in [5.41, 5.74) is 0. The van der Waals surface area contributed by atoms with Crippen LogP contribution in [0.1, 0.15) is 0 Å². The molecule has 2 amide bonds. The Labute approximate surface area is 58.7 Å². The summed E-state index contributed by atoms with van der Waals surface area (Å²) >= 11 is 0. The lowest BCUT2D eigenvalue weighted by Gasteiger charge is -2.00. The Balaban J connectivity index is 3.16. The number of nitrogens with one attached hydrogen (secondary N) is 2. The second-order valence-corrected chi connectivity index (χ2v) is 1.53. The van der Waals surface area contributed by atoms with Crippen molar-refractivity contribution in [3.05, 3.63) is 0 Å². The molecule has 0 rings (SSSR count). The number of amides is 2. The summed E-state index contributed by atoms with van der Waals surface area (Å²) in [5, 5.41) is 4.59. The SMILES string of the molecule is COCNC(=O)CNC=O. The van der Waals surface area contributed by atoms with Gasteiger partial charge in [-0.2, -0.15) is 0 Å². The van der Waals surface area contributed by atoms with E-state index in [-0.39, 0.29) is 19.2 Å². The van der Waals surface area contributed by atoms with Crippen molar-refractivity contribution >= 4 is 12.3 Å². The molecule has 0 bridgehead atoms. The van der Waals surface area contributed by atoms with Crippen LogP contribution in [0.25, 0.3) is 0 Å². The van der Waals surface area contributed by atoms with Crippen molar-refractivity contribution in [2.75, 3.05) is 20.4 Å². The second-order valence-electron chi connectivity index (χ2n) is 1.53. The summed E-state index contributed by atoms with van der Waals surface area (Å²) in [6.45, 7) is 0.159. The molecule has 5 heteroatoms. The molecule has 0 unspecified atom stereocenters. The molecule has 0 aromatic carbocycles. The number of methoxy groups -OCH3 is 1. The normalized spacial score (nSPS) is 8.50. The van der Waals surface area contributed by atoms with Gasteiger partial charge in [-0.15, -0.1) is 0 Å². The molecule has 0 saturated carbocycles. The van der Waals surface area contributed by atoms with Gasteiger partial charge in [0.1, 0.15) is 6.73 Å². The van der Waals surface area contributed by atoms with Gasteiger partial charge in [0.05, 0.1) is 6.54 Å². The first-order valence-corrected chi connectivity index (χ1v) is 2.74. The number of ether oxygens (including phenoxy) is 1. The number of rotatable bonds is 5. The van der Waals surface area contributed by atoms with Crippen LogP contribution in [0.4, 0.5) is 0 Å². The zero-order valence-electron chi connectivity index (χ0n) is 5.72. The maximum atomic E-state index is 10.5. The van der Waals surface area contributed by atoms with Crippen LogP contribution in [-0.2, 0) is 14.3 Å². The molecule has 5 nitrogen and oxygen atoms in total. The topological polar surface area (TPSA) is 67.4 Å². The molecule has 0 atom stereocenters. The van der Waals surface area contributed by atoms with Crippen LogP contribution >= 0.6 is 0 Å². The molecular weight excluding hydrogens is 136 g/mol. The Hall–Kier alpha value is -1.10. The standard InChI is InChI=1S/C5H10N2O3/c1-10-4-7-5(9)2-6-3-8/h3H,2,4H2,1H3,(H,6,8)(H,7,9). The molecule has 0 spiro atoms. The Morgan fingerprint density at radius 2 is 2.40 bits per heavy atom. The third-order valence-corrected chi connectivity index (χ3v) is 0.760. The lowest BCUT2D eigenvalue weighted by atomic mass is 10.6. The Morgan fingerprint density at radius 1 is 1.70 bits per heavy atom. The highest BCUT2D eigenvalue weighted by Crippen LogP contribution is 1.62. The molecular formula is C5H10N2O3. The third kappa shape index (κ3) is 5.04. The largest absolute Gasteiger partial charge is 0.364 e. The maximum Gasteiger partial charge on any atom is 0.241 e. The van der Waals surface area contributed by atoms with Gasteiger partial charge in [0.25, 0.3) is 0 Å². The van der Waals surface area contributed by atoms with E-state index in [2.05, 4.69) is 15.4 Å². The van der Waals surface area contributed by atoms with Gasteiger partial charge in [0, 0.05) is 7.11 Å². The van der Waals surface area contributed by atoms with E-state index < -0.39 is 0 Å². The molecule has 0 aromatic heterocycles.